The Morgan fingerprint density at radius 2 is 2.08 bits per heavy atom. The SMILES string of the molecule is C#CC(CC)NS(=O)(=O)CCCC. The van der Waals surface area contributed by atoms with Gasteiger partial charge in [0.1, 0.15) is 0 Å². The third-order valence-corrected chi connectivity index (χ3v) is 3.17. The number of hydrogen-bond donors (Lipinski definition) is 1. The molecule has 0 saturated heterocycles. The lowest BCUT2D eigenvalue weighted by molar-refractivity contribution is 0.567. The van der Waals surface area contributed by atoms with Crippen molar-refractivity contribution in [3.05, 3.63) is 0 Å². The summed E-state index contributed by atoms with van der Waals surface area (Å²) in [7, 11) is -3.16. The van der Waals surface area contributed by atoms with E-state index in [-0.39, 0.29) is 11.8 Å². The molecule has 0 aromatic heterocycles. The molecular weight excluding hydrogens is 186 g/mol. The van der Waals surface area contributed by atoms with Gasteiger partial charge < -0.3 is 0 Å². The lowest BCUT2D eigenvalue weighted by Gasteiger charge is -2.10. The molecular formula is C9H17NO2S. The molecule has 1 unspecified atom stereocenters. The molecule has 0 amide bonds. The molecule has 0 radical (unpaired) electrons. The van der Waals surface area contributed by atoms with Crippen LogP contribution < -0.4 is 4.72 Å². The van der Waals surface area contributed by atoms with E-state index >= 15 is 0 Å². The van der Waals surface area contributed by atoms with E-state index in [1.54, 1.807) is 0 Å². The van der Waals surface area contributed by atoms with Crippen molar-refractivity contribution in [2.45, 2.75) is 39.2 Å². The van der Waals surface area contributed by atoms with Gasteiger partial charge in [0.05, 0.1) is 11.8 Å². The highest BCUT2D eigenvalue weighted by Gasteiger charge is 2.13. The van der Waals surface area contributed by atoms with Crippen molar-refractivity contribution < 1.29 is 8.42 Å². The average molecular weight is 203 g/mol. The molecule has 4 heteroatoms. The van der Waals surface area contributed by atoms with Crippen LogP contribution in [0, 0.1) is 12.3 Å². The first-order chi connectivity index (χ1) is 6.05. The summed E-state index contributed by atoms with van der Waals surface area (Å²) in [6.07, 6.45) is 7.31. The Bertz CT molecular complexity index is 264. The van der Waals surface area contributed by atoms with Crippen molar-refractivity contribution in [1.82, 2.24) is 4.72 Å². The van der Waals surface area contributed by atoms with Crippen molar-refractivity contribution in [1.29, 1.82) is 0 Å². The van der Waals surface area contributed by atoms with Crippen LogP contribution in [0.5, 0.6) is 0 Å². The van der Waals surface area contributed by atoms with Gasteiger partial charge in [0.2, 0.25) is 10.0 Å². The smallest absolute Gasteiger partial charge is 0.212 e. The van der Waals surface area contributed by atoms with E-state index in [0.29, 0.717) is 12.8 Å². The molecule has 76 valence electrons. The molecule has 0 aliphatic heterocycles. The summed E-state index contributed by atoms with van der Waals surface area (Å²) < 4.78 is 25.1. The van der Waals surface area contributed by atoms with Gasteiger partial charge in [-0.25, -0.2) is 13.1 Å². The molecule has 0 spiro atoms. The van der Waals surface area contributed by atoms with Gasteiger partial charge in [-0.15, -0.1) is 6.42 Å². The lowest BCUT2D eigenvalue weighted by atomic mass is 10.3. The van der Waals surface area contributed by atoms with E-state index in [9.17, 15) is 8.42 Å². The minimum absolute atomic E-state index is 0.168. The average Bonchev–Trinajstić information content (AvgIpc) is 2.11. The number of nitrogens with one attached hydrogen (secondary N) is 1. The second kappa shape index (κ2) is 6.01. The van der Waals surface area contributed by atoms with Gasteiger partial charge >= 0.3 is 0 Å². The Hall–Kier alpha value is -0.530. The Kier molecular flexibility index (Phi) is 5.76. The molecule has 1 N–H and O–H groups in total. The molecule has 0 bridgehead atoms. The van der Waals surface area contributed by atoms with Crippen LogP contribution in [0.2, 0.25) is 0 Å². The standard InChI is InChI=1S/C9H17NO2S/c1-4-7-8-13(11,12)10-9(5-2)6-3/h2,9-10H,4,6-8H2,1,3H3. The second-order valence-electron chi connectivity index (χ2n) is 2.92. The number of hydrogen-bond acceptors (Lipinski definition) is 2. The Labute approximate surface area is 81.0 Å². The predicted octanol–water partition coefficient (Wildman–Crippen LogP) is 1.12. The van der Waals surface area contributed by atoms with Crippen LogP contribution in [0.15, 0.2) is 0 Å². The molecule has 3 nitrogen and oxygen atoms in total. The largest absolute Gasteiger partial charge is 0.212 e. The Morgan fingerprint density at radius 1 is 1.46 bits per heavy atom. The highest BCUT2D eigenvalue weighted by Crippen LogP contribution is 1.97. The molecule has 0 aliphatic carbocycles. The van der Waals surface area contributed by atoms with Gasteiger partial charge in [-0.2, -0.15) is 0 Å². The summed E-state index contributed by atoms with van der Waals surface area (Å²) in [5.74, 6) is 2.56. The van der Waals surface area contributed by atoms with Crippen molar-refractivity contribution in [2.75, 3.05) is 5.75 Å². The minimum Gasteiger partial charge on any atom is -0.212 e. The molecule has 0 fully saturated rings. The molecule has 0 aromatic rings. The summed E-state index contributed by atoms with van der Waals surface area (Å²) in [6.45, 7) is 3.81. The Balaban J connectivity index is 4.10. The molecule has 0 aromatic carbocycles. The fourth-order valence-electron chi connectivity index (χ4n) is 0.845. The van der Waals surface area contributed by atoms with Crippen LogP contribution in [0.25, 0.3) is 0 Å². The zero-order valence-corrected chi connectivity index (χ0v) is 9.02. The van der Waals surface area contributed by atoms with Crippen molar-refractivity contribution >= 4 is 10.0 Å². The fraction of sp³-hybridized carbons (Fsp3) is 0.778. The van der Waals surface area contributed by atoms with Crippen molar-refractivity contribution in [3.63, 3.8) is 0 Å². The molecule has 1 atom stereocenters. The number of rotatable bonds is 6. The maximum Gasteiger partial charge on any atom is 0.212 e. The first kappa shape index (κ1) is 12.5. The van der Waals surface area contributed by atoms with Gasteiger partial charge in [-0.05, 0) is 12.8 Å². The van der Waals surface area contributed by atoms with E-state index in [4.69, 9.17) is 6.42 Å². The van der Waals surface area contributed by atoms with Gasteiger partial charge in [-0.1, -0.05) is 26.2 Å². The van der Waals surface area contributed by atoms with Gasteiger partial charge in [0, 0.05) is 0 Å². The number of unbranched alkanes of at least 4 members (excludes halogenated alkanes) is 1. The molecule has 0 saturated carbocycles. The molecule has 0 aliphatic rings. The summed E-state index contributed by atoms with van der Waals surface area (Å²) >= 11 is 0. The maximum atomic E-state index is 11.3. The van der Waals surface area contributed by atoms with Gasteiger partial charge in [0.25, 0.3) is 0 Å². The van der Waals surface area contributed by atoms with Crippen LogP contribution in [0.3, 0.4) is 0 Å². The van der Waals surface area contributed by atoms with Crippen LogP contribution in [0.4, 0.5) is 0 Å². The normalized spacial score (nSPS) is 13.6. The van der Waals surface area contributed by atoms with E-state index in [1.807, 2.05) is 13.8 Å². The first-order valence-electron chi connectivity index (χ1n) is 4.51. The van der Waals surface area contributed by atoms with Crippen molar-refractivity contribution in [3.8, 4) is 12.3 Å². The van der Waals surface area contributed by atoms with Gasteiger partial charge in [0.15, 0.2) is 0 Å². The monoisotopic (exact) mass is 203 g/mol. The molecule has 0 rings (SSSR count). The predicted molar refractivity (Wildman–Crippen MR) is 54.7 cm³/mol. The summed E-state index contributed by atoms with van der Waals surface area (Å²) in [5, 5.41) is 0. The van der Waals surface area contributed by atoms with Crippen LogP contribution in [-0.4, -0.2) is 20.2 Å². The van der Waals surface area contributed by atoms with Crippen LogP contribution >= 0.6 is 0 Å². The summed E-state index contributed by atoms with van der Waals surface area (Å²) in [4.78, 5) is 0. The summed E-state index contributed by atoms with van der Waals surface area (Å²) in [5.41, 5.74) is 0. The highest BCUT2D eigenvalue weighted by atomic mass is 32.2. The van der Waals surface area contributed by atoms with Crippen molar-refractivity contribution in [2.24, 2.45) is 0 Å². The topological polar surface area (TPSA) is 46.2 Å². The Morgan fingerprint density at radius 3 is 2.46 bits per heavy atom. The van der Waals surface area contributed by atoms with Crippen LogP contribution in [0.1, 0.15) is 33.1 Å². The highest BCUT2D eigenvalue weighted by molar-refractivity contribution is 7.89. The van der Waals surface area contributed by atoms with E-state index in [0.717, 1.165) is 6.42 Å². The molecule has 0 heterocycles. The second-order valence-corrected chi connectivity index (χ2v) is 4.79. The maximum absolute atomic E-state index is 11.3. The first-order valence-corrected chi connectivity index (χ1v) is 6.17. The number of terminal acetylenes is 1. The van der Waals surface area contributed by atoms with E-state index < -0.39 is 10.0 Å². The zero-order chi connectivity index (χ0) is 10.3. The van der Waals surface area contributed by atoms with E-state index in [2.05, 4.69) is 10.6 Å². The zero-order valence-electron chi connectivity index (χ0n) is 8.21. The minimum atomic E-state index is -3.16. The van der Waals surface area contributed by atoms with Crippen LogP contribution in [-0.2, 0) is 10.0 Å². The quantitative estimate of drug-likeness (QED) is 0.657. The summed E-state index contributed by atoms with van der Waals surface area (Å²) in [6, 6.07) is -0.359. The lowest BCUT2D eigenvalue weighted by Crippen LogP contribution is -2.34. The van der Waals surface area contributed by atoms with E-state index in [1.165, 1.54) is 0 Å². The number of sulfonamides is 1. The molecule has 13 heavy (non-hydrogen) atoms. The third-order valence-electron chi connectivity index (χ3n) is 1.70. The van der Waals surface area contributed by atoms with Gasteiger partial charge in [-0.3, -0.25) is 0 Å². The third kappa shape index (κ3) is 5.67. The fourth-order valence-corrected chi connectivity index (χ4v) is 2.30.